The molecule has 0 bridgehead atoms. The Hall–Kier alpha value is -2.85. The van der Waals surface area contributed by atoms with Crippen LogP contribution in [-0.4, -0.2) is 88.5 Å². The van der Waals surface area contributed by atoms with E-state index in [1.54, 1.807) is 28.8 Å². The molecule has 43 heavy (non-hydrogen) atoms. The number of hydrogen-bond donors (Lipinski definition) is 3. The van der Waals surface area contributed by atoms with Crippen LogP contribution in [0.2, 0.25) is 0 Å². The van der Waals surface area contributed by atoms with Gasteiger partial charge in [0.25, 0.3) is 0 Å². The highest BCUT2D eigenvalue weighted by Crippen LogP contribution is 2.37. The van der Waals surface area contributed by atoms with Gasteiger partial charge in [-0.1, -0.05) is 18.2 Å². The predicted molar refractivity (Wildman–Crippen MR) is 161 cm³/mol. The molecule has 14 heteroatoms. The van der Waals surface area contributed by atoms with Gasteiger partial charge in [-0.25, -0.2) is 21.6 Å². The summed E-state index contributed by atoms with van der Waals surface area (Å²) in [5, 5.41) is 14.1. The molecule has 1 aromatic heterocycles. The lowest BCUT2D eigenvalue weighted by Gasteiger charge is -2.38. The maximum atomic E-state index is 13.6. The van der Waals surface area contributed by atoms with Crippen LogP contribution in [0, 0.1) is 0 Å². The molecule has 1 unspecified atom stereocenters. The maximum absolute atomic E-state index is 13.6. The van der Waals surface area contributed by atoms with Crippen molar-refractivity contribution >= 4 is 30.9 Å². The van der Waals surface area contributed by atoms with E-state index in [1.165, 1.54) is 29.7 Å². The van der Waals surface area contributed by atoms with E-state index < -0.39 is 37.2 Å². The number of piperidine rings is 1. The molecule has 3 N–H and O–H groups in total. The Bertz CT molecular complexity index is 1730. The zero-order chi connectivity index (χ0) is 30.8. The van der Waals surface area contributed by atoms with Crippen molar-refractivity contribution < 1.29 is 31.4 Å². The van der Waals surface area contributed by atoms with Crippen molar-refractivity contribution in [2.45, 2.75) is 60.3 Å². The van der Waals surface area contributed by atoms with E-state index in [9.17, 15) is 26.7 Å². The van der Waals surface area contributed by atoms with E-state index in [1.807, 2.05) is 19.1 Å². The Kier molecular flexibility index (Phi) is 9.28. The van der Waals surface area contributed by atoms with Gasteiger partial charge in [0.05, 0.1) is 22.6 Å². The quantitative estimate of drug-likeness (QED) is 0.283. The normalized spacial score (nSPS) is 20.0. The van der Waals surface area contributed by atoms with E-state index >= 15 is 0 Å². The molecule has 2 aromatic carbocycles. The highest BCUT2D eigenvalue weighted by molar-refractivity contribution is 7.89. The van der Waals surface area contributed by atoms with Gasteiger partial charge in [-0.3, -0.25) is 4.79 Å². The zero-order valence-corrected chi connectivity index (χ0v) is 25.9. The first-order valence-electron chi connectivity index (χ1n) is 14.3. The SMILES string of the molecule is CCn1cc(S(=O)(=O)N2CCC3(CC2)CC(NC[C@H](O)COc2cccc(S(=O)(=O)NC)c2)CO3)c(=O)c2ccccc21. The van der Waals surface area contributed by atoms with Crippen molar-refractivity contribution in [3.8, 4) is 5.75 Å². The minimum atomic E-state index is -3.99. The third kappa shape index (κ3) is 6.65. The number of aromatic nitrogens is 1. The molecule has 2 fully saturated rings. The lowest BCUT2D eigenvalue weighted by molar-refractivity contribution is -0.0312. The number of pyridine rings is 1. The summed E-state index contributed by atoms with van der Waals surface area (Å²) in [6, 6.07) is 13.0. The first-order valence-corrected chi connectivity index (χ1v) is 17.2. The first-order chi connectivity index (χ1) is 20.5. The Morgan fingerprint density at radius 1 is 1.12 bits per heavy atom. The highest BCUT2D eigenvalue weighted by atomic mass is 32.2. The second-order valence-electron chi connectivity index (χ2n) is 11.0. The fourth-order valence-corrected chi connectivity index (χ4v) is 8.07. The van der Waals surface area contributed by atoms with Crippen molar-refractivity contribution in [3.63, 3.8) is 0 Å². The number of hydrogen-bond acceptors (Lipinski definition) is 9. The molecule has 2 aliphatic rings. The number of sulfonamides is 2. The van der Waals surface area contributed by atoms with Crippen LogP contribution in [-0.2, 0) is 31.3 Å². The van der Waals surface area contributed by atoms with Gasteiger partial charge >= 0.3 is 0 Å². The molecule has 234 valence electrons. The molecular formula is C29H38N4O8S2. The summed E-state index contributed by atoms with van der Waals surface area (Å²) in [6.45, 7) is 3.56. The molecule has 0 radical (unpaired) electrons. The number of aryl methyl sites for hydroxylation is 1. The molecule has 0 aliphatic carbocycles. The van der Waals surface area contributed by atoms with Crippen LogP contribution in [0.1, 0.15) is 26.2 Å². The van der Waals surface area contributed by atoms with Crippen molar-refractivity contribution in [2.24, 2.45) is 0 Å². The van der Waals surface area contributed by atoms with Gasteiger partial charge in [0.1, 0.15) is 23.4 Å². The largest absolute Gasteiger partial charge is 0.491 e. The highest BCUT2D eigenvalue weighted by Gasteiger charge is 2.45. The van der Waals surface area contributed by atoms with Crippen LogP contribution in [0.15, 0.2) is 69.3 Å². The Balaban J connectivity index is 1.14. The molecule has 2 aliphatic heterocycles. The number of nitrogens with zero attached hydrogens (tertiary/aromatic N) is 2. The average molecular weight is 635 g/mol. The number of fused-ring (bicyclic) bond motifs is 1. The van der Waals surface area contributed by atoms with E-state index in [0.29, 0.717) is 49.1 Å². The molecule has 5 rings (SSSR count). The third-order valence-corrected chi connectivity index (χ3v) is 11.5. The first kappa shape index (κ1) is 31.6. The third-order valence-electron chi connectivity index (χ3n) is 8.23. The van der Waals surface area contributed by atoms with Crippen LogP contribution in [0.4, 0.5) is 0 Å². The van der Waals surface area contributed by atoms with E-state index in [-0.39, 0.29) is 42.1 Å². The minimum absolute atomic E-state index is 0.0286. The standard InChI is InChI=1S/C29H38N4O8S2/c1-3-32-18-27(28(35)25-9-4-5-10-26(25)32)43(38,39)33-13-11-29(12-14-33)16-21(19-41-29)31-17-22(34)20-40-23-7-6-8-24(15-23)42(36,37)30-2/h4-10,15,18,21-22,30-31,34H,3,11-14,16-17,19-20H2,1-2H3/t21?,22-/m0/s1. The molecule has 3 heterocycles. The number of ether oxygens (including phenoxy) is 2. The molecule has 0 amide bonds. The summed E-state index contributed by atoms with van der Waals surface area (Å²) in [5.74, 6) is 0.331. The van der Waals surface area contributed by atoms with Crippen LogP contribution < -0.4 is 20.2 Å². The molecule has 2 atom stereocenters. The summed E-state index contributed by atoms with van der Waals surface area (Å²) in [7, 11) is -6.27. The zero-order valence-electron chi connectivity index (χ0n) is 24.2. The van der Waals surface area contributed by atoms with Crippen molar-refractivity contribution in [1.82, 2.24) is 18.9 Å². The van der Waals surface area contributed by atoms with E-state index in [0.717, 1.165) is 0 Å². The van der Waals surface area contributed by atoms with Crippen molar-refractivity contribution in [1.29, 1.82) is 0 Å². The summed E-state index contributed by atoms with van der Waals surface area (Å²) in [5.41, 5.74) is -0.257. The van der Waals surface area contributed by atoms with Gasteiger partial charge in [-0.05, 0) is 57.5 Å². The smallest absolute Gasteiger partial charge is 0.248 e. The number of rotatable bonds is 11. The van der Waals surface area contributed by atoms with Gasteiger partial charge < -0.3 is 24.5 Å². The molecular weight excluding hydrogens is 596 g/mol. The summed E-state index contributed by atoms with van der Waals surface area (Å²) in [4.78, 5) is 13.1. The van der Waals surface area contributed by atoms with Crippen molar-refractivity contribution in [3.05, 3.63) is 65.0 Å². The number of benzene rings is 2. The molecule has 2 saturated heterocycles. The van der Waals surface area contributed by atoms with Gasteiger partial charge in [0.2, 0.25) is 25.5 Å². The van der Waals surface area contributed by atoms with Crippen LogP contribution in [0.5, 0.6) is 5.75 Å². The molecule has 12 nitrogen and oxygen atoms in total. The van der Waals surface area contributed by atoms with E-state index in [2.05, 4.69) is 10.0 Å². The molecule has 3 aromatic rings. The maximum Gasteiger partial charge on any atom is 0.248 e. The van der Waals surface area contributed by atoms with Gasteiger partial charge in [-0.2, -0.15) is 4.31 Å². The number of para-hydroxylation sites is 1. The Labute approximate surface area is 251 Å². The Morgan fingerprint density at radius 3 is 2.58 bits per heavy atom. The fourth-order valence-electron chi connectivity index (χ4n) is 5.76. The predicted octanol–water partition coefficient (Wildman–Crippen LogP) is 1.27. The lowest BCUT2D eigenvalue weighted by Crippen LogP contribution is -2.47. The molecule has 1 spiro atoms. The van der Waals surface area contributed by atoms with Gasteiger partial charge in [0.15, 0.2) is 0 Å². The topological polar surface area (TPSA) is 156 Å². The molecule has 0 saturated carbocycles. The van der Waals surface area contributed by atoms with Crippen LogP contribution in [0.25, 0.3) is 10.9 Å². The number of aliphatic hydroxyl groups excluding tert-OH is 1. The van der Waals surface area contributed by atoms with Gasteiger partial charge in [0, 0.05) is 49.9 Å². The number of aliphatic hydroxyl groups is 1. The van der Waals surface area contributed by atoms with Crippen LogP contribution >= 0.6 is 0 Å². The second-order valence-corrected chi connectivity index (χ2v) is 14.8. The van der Waals surface area contributed by atoms with E-state index in [4.69, 9.17) is 9.47 Å². The minimum Gasteiger partial charge on any atom is -0.491 e. The number of nitrogens with one attached hydrogen (secondary N) is 2. The summed E-state index contributed by atoms with van der Waals surface area (Å²) in [6.07, 6.45) is 2.26. The van der Waals surface area contributed by atoms with Crippen LogP contribution in [0.3, 0.4) is 0 Å². The second kappa shape index (κ2) is 12.6. The summed E-state index contributed by atoms with van der Waals surface area (Å²) >= 11 is 0. The lowest BCUT2D eigenvalue weighted by atomic mass is 9.88. The monoisotopic (exact) mass is 634 g/mol. The summed E-state index contributed by atoms with van der Waals surface area (Å²) < 4.78 is 68.4. The van der Waals surface area contributed by atoms with Crippen molar-refractivity contribution in [2.75, 3.05) is 39.9 Å². The average Bonchev–Trinajstić information content (AvgIpc) is 3.41. The Morgan fingerprint density at radius 2 is 1.86 bits per heavy atom. The van der Waals surface area contributed by atoms with Gasteiger partial charge in [-0.15, -0.1) is 0 Å². The fraction of sp³-hybridized carbons (Fsp3) is 0.483.